The van der Waals surface area contributed by atoms with Crippen molar-refractivity contribution in [2.24, 2.45) is 0 Å². The summed E-state index contributed by atoms with van der Waals surface area (Å²) in [5.41, 5.74) is 0.779. The molecule has 1 unspecified atom stereocenters. The molecule has 1 N–H and O–H groups in total. The van der Waals surface area contributed by atoms with Crippen molar-refractivity contribution < 1.29 is 9.84 Å². The molecule has 0 aliphatic heterocycles. The Hall–Kier alpha value is -0.450. The Morgan fingerprint density at radius 1 is 1.35 bits per heavy atom. The number of hydrogen-bond acceptors (Lipinski definition) is 4. The zero-order chi connectivity index (χ0) is 11.9. The van der Waals surface area contributed by atoms with Crippen LogP contribution in [0.2, 0.25) is 0 Å². The molecule has 94 valence electrons. The van der Waals surface area contributed by atoms with E-state index in [9.17, 15) is 5.11 Å². The third-order valence-corrected chi connectivity index (χ3v) is 5.43. The summed E-state index contributed by atoms with van der Waals surface area (Å²) >= 11 is 1.76. The molecule has 4 heteroatoms. The van der Waals surface area contributed by atoms with Gasteiger partial charge in [-0.05, 0) is 32.1 Å². The normalized spacial score (nSPS) is 27.1. The maximum absolute atomic E-state index is 9.98. The second kappa shape index (κ2) is 4.34. The molecule has 0 radical (unpaired) electrons. The highest BCUT2D eigenvalue weighted by atomic mass is 32.1. The lowest BCUT2D eigenvalue weighted by Crippen LogP contribution is -2.24. The van der Waals surface area contributed by atoms with Crippen LogP contribution >= 0.6 is 11.3 Å². The zero-order valence-corrected chi connectivity index (χ0v) is 11.1. The lowest BCUT2D eigenvalue weighted by atomic mass is 9.99. The minimum atomic E-state index is -0.348. The molecule has 1 fully saturated rings. The quantitative estimate of drug-likeness (QED) is 0.881. The number of rotatable bonds is 2. The summed E-state index contributed by atoms with van der Waals surface area (Å²) in [5.74, 6) is 0. The Kier molecular flexibility index (Phi) is 2.97. The first kappa shape index (κ1) is 11.6. The van der Waals surface area contributed by atoms with Crippen LogP contribution in [-0.2, 0) is 16.8 Å². The van der Waals surface area contributed by atoms with E-state index in [4.69, 9.17) is 9.72 Å². The Bertz CT molecular complexity index is 410. The highest BCUT2D eigenvalue weighted by Gasteiger charge is 2.40. The van der Waals surface area contributed by atoms with Gasteiger partial charge in [0.2, 0.25) is 0 Å². The molecule has 2 aliphatic carbocycles. The van der Waals surface area contributed by atoms with Crippen molar-refractivity contribution in [3.05, 3.63) is 15.6 Å². The van der Waals surface area contributed by atoms with Gasteiger partial charge >= 0.3 is 0 Å². The minimum absolute atomic E-state index is 0.151. The molecule has 3 rings (SSSR count). The van der Waals surface area contributed by atoms with Crippen LogP contribution < -0.4 is 0 Å². The van der Waals surface area contributed by atoms with E-state index in [2.05, 4.69) is 0 Å². The van der Waals surface area contributed by atoms with Crippen molar-refractivity contribution in [1.82, 2.24) is 4.98 Å². The van der Waals surface area contributed by atoms with Gasteiger partial charge in [0.15, 0.2) is 0 Å². The van der Waals surface area contributed by atoms with Crippen LogP contribution in [0.3, 0.4) is 0 Å². The first-order chi connectivity index (χ1) is 8.25. The molecule has 1 atom stereocenters. The first-order valence-corrected chi connectivity index (χ1v) is 7.30. The predicted octanol–water partition coefficient (Wildman–Crippen LogP) is 2.93. The van der Waals surface area contributed by atoms with Crippen LogP contribution in [0.25, 0.3) is 0 Å². The van der Waals surface area contributed by atoms with Gasteiger partial charge < -0.3 is 9.84 Å². The van der Waals surface area contributed by atoms with Crippen LogP contribution in [0.1, 0.15) is 60.2 Å². The summed E-state index contributed by atoms with van der Waals surface area (Å²) in [4.78, 5) is 5.98. The van der Waals surface area contributed by atoms with Gasteiger partial charge in [-0.15, -0.1) is 11.3 Å². The van der Waals surface area contributed by atoms with E-state index in [-0.39, 0.29) is 11.7 Å². The molecular formula is C13H19NO2S. The number of fused-ring (bicyclic) bond motifs is 1. The number of aryl methyl sites for hydroxylation is 1. The number of aliphatic hydroxyl groups is 1. The van der Waals surface area contributed by atoms with Crippen molar-refractivity contribution in [1.29, 1.82) is 0 Å². The fourth-order valence-electron chi connectivity index (χ4n) is 3.04. The van der Waals surface area contributed by atoms with Gasteiger partial charge in [0, 0.05) is 12.0 Å². The monoisotopic (exact) mass is 253 g/mol. The molecule has 1 saturated carbocycles. The van der Waals surface area contributed by atoms with Crippen molar-refractivity contribution >= 4 is 11.3 Å². The van der Waals surface area contributed by atoms with E-state index in [0.717, 1.165) is 42.8 Å². The first-order valence-electron chi connectivity index (χ1n) is 6.48. The van der Waals surface area contributed by atoms with Gasteiger partial charge in [-0.2, -0.15) is 0 Å². The van der Waals surface area contributed by atoms with Crippen LogP contribution in [0, 0.1) is 0 Å². The van der Waals surface area contributed by atoms with Crippen molar-refractivity contribution in [3.63, 3.8) is 0 Å². The zero-order valence-electron chi connectivity index (χ0n) is 10.2. The number of nitrogens with zero attached hydrogens (tertiary/aromatic N) is 1. The Morgan fingerprint density at radius 3 is 2.76 bits per heavy atom. The predicted molar refractivity (Wildman–Crippen MR) is 67.2 cm³/mol. The highest BCUT2D eigenvalue weighted by Crippen LogP contribution is 2.45. The summed E-state index contributed by atoms with van der Waals surface area (Å²) in [6.07, 6.45) is 7.26. The van der Waals surface area contributed by atoms with Gasteiger partial charge in [-0.25, -0.2) is 4.98 Å². The van der Waals surface area contributed by atoms with Gasteiger partial charge in [-0.3, -0.25) is 0 Å². The largest absolute Gasteiger partial charge is 0.387 e. The number of hydrogen-bond donors (Lipinski definition) is 1. The molecule has 3 nitrogen and oxygen atoms in total. The van der Waals surface area contributed by atoms with Crippen LogP contribution in [0.4, 0.5) is 0 Å². The highest BCUT2D eigenvalue weighted by molar-refractivity contribution is 7.11. The van der Waals surface area contributed by atoms with Crippen molar-refractivity contribution in [2.75, 3.05) is 7.11 Å². The second-order valence-corrected chi connectivity index (χ2v) is 6.22. The number of aliphatic hydroxyl groups excluding tert-OH is 1. The number of aromatic nitrogens is 1. The van der Waals surface area contributed by atoms with E-state index < -0.39 is 0 Å². The minimum Gasteiger partial charge on any atom is -0.387 e. The third-order valence-electron chi connectivity index (χ3n) is 4.12. The third kappa shape index (κ3) is 1.83. The molecule has 1 aromatic rings. The standard InChI is InChI=1S/C13H19NO2S/c1-16-13(7-2-3-8-13)12-14-11-9(15)5-4-6-10(11)17-12/h9,15H,2-8H2,1H3. The van der Waals surface area contributed by atoms with Gasteiger partial charge in [-0.1, -0.05) is 12.8 Å². The Morgan fingerprint density at radius 2 is 2.12 bits per heavy atom. The van der Waals surface area contributed by atoms with E-state index >= 15 is 0 Å². The molecule has 1 aromatic heterocycles. The lowest BCUT2D eigenvalue weighted by molar-refractivity contribution is -0.00923. The van der Waals surface area contributed by atoms with Gasteiger partial charge in [0.25, 0.3) is 0 Å². The maximum Gasteiger partial charge on any atom is 0.125 e. The summed E-state index contributed by atoms with van der Waals surface area (Å²) < 4.78 is 5.76. The second-order valence-electron chi connectivity index (χ2n) is 5.14. The molecule has 1 heterocycles. The molecule has 0 bridgehead atoms. The molecule has 0 spiro atoms. The van der Waals surface area contributed by atoms with Crippen molar-refractivity contribution in [2.45, 2.75) is 56.7 Å². The molecule has 0 amide bonds. The lowest BCUT2D eigenvalue weighted by Gasteiger charge is -2.24. The van der Waals surface area contributed by atoms with E-state index in [1.807, 2.05) is 0 Å². The van der Waals surface area contributed by atoms with Crippen molar-refractivity contribution in [3.8, 4) is 0 Å². The summed E-state index contributed by atoms with van der Waals surface area (Å²) in [5, 5.41) is 11.1. The van der Waals surface area contributed by atoms with Gasteiger partial charge in [0.05, 0.1) is 11.8 Å². The number of thiazole rings is 1. The SMILES string of the molecule is COC1(c2nc3c(s2)CCCC3O)CCCC1. The van der Waals surface area contributed by atoms with E-state index in [0.29, 0.717) is 0 Å². The van der Waals surface area contributed by atoms with Gasteiger partial charge in [0.1, 0.15) is 10.6 Å². The molecule has 0 aromatic carbocycles. The average Bonchev–Trinajstić information content (AvgIpc) is 2.96. The van der Waals surface area contributed by atoms with Crippen LogP contribution in [-0.4, -0.2) is 17.2 Å². The topological polar surface area (TPSA) is 42.4 Å². The van der Waals surface area contributed by atoms with E-state index in [1.165, 1.54) is 17.7 Å². The fraction of sp³-hybridized carbons (Fsp3) is 0.769. The average molecular weight is 253 g/mol. The molecule has 0 saturated heterocycles. The summed E-state index contributed by atoms with van der Waals surface area (Å²) in [6, 6.07) is 0. The van der Waals surface area contributed by atoms with E-state index in [1.54, 1.807) is 18.4 Å². The molecule has 17 heavy (non-hydrogen) atoms. The number of ether oxygens (including phenoxy) is 1. The summed E-state index contributed by atoms with van der Waals surface area (Å²) in [6.45, 7) is 0. The van der Waals surface area contributed by atoms with Crippen LogP contribution in [0.15, 0.2) is 0 Å². The maximum atomic E-state index is 9.98. The fourth-order valence-corrected chi connectivity index (χ4v) is 4.43. The molecular weight excluding hydrogens is 234 g/mol. The smallest absolute Gasteiger partial charge is 0.125 e. The summed E-state index contributed by atoms with van der Waals surface area (Å²) in [7, 11) is 1.79. The Labute approximate surface area is 106 Å². The van der Waals surface area contributed by atoms with Crippen LogP contribution in [0.5, 0.6) is 0 Å². The number of methoxy groups -OCH3 is 1. The Balaban J connectivity index is 1.98. The molecule has 2 aliphatic rings.